The lowest BCUT2D eigenvalue weighted by molar-refractivity contribution is -0.123. The predicted octanol–water partition coefficient (Wildman–Crippen LogP) is 3.78. The highest BCUT2D eigenvalue weighted by Gasteiger charge is 2.02. The zero-order valence-electron chi connectivity index (χ0n) is 12.6. The van der Waals surface area contributed by atoms with Crippen molar-refractivity contribution in [2.75, 3.05) is 13.2 Å². The number of carbonyl (C=O) groups excluding carboxylic acids is 1. The summed E-state index contributed by atoms with van der Waals surface area (Å²) >= 11 is 5.78. The summed E-state index contributed by atoms with van der Waals surface area (Å²) < 4.78 is 5.38. The number of halogens is 1. The second-order valence-electron chi connectivity index (χ2n) is 5.19. The fourth-order valence-corrected chi connectivity index (χ4v) is 2.24. The number of amides is 1. The summed E-state index contributed by atoms with van der Waals surface area (Å²) in [6.07, 6.45) is 1.87. The summed E-state index contributed by atoms with van der Waals surface area (Å²) in [5, 5.41) is 3.51. The van der Waals surface area contributed by atoms with Gasteiger partial charge in [-0.25, -0.2) is 0 Å². The van der Waals surface area contributed by atoms with Crippen LogP contribution in [0.15, 0.2) is 48.5 Å². The second-order valence-corrected chi connectivity index (χ2v) is 5.62. The highest BCUT2D eigenvalue weighted by atomic mass is 35.5. The molecule has 1 N–H and O–H groups in total. The van der Waals surface area contributed by atoms with Crippen LogP contribution in [-0.2, 0) is 11.2 Å². The Bertz CT molecular complexity index is 611. The monoisotopic (exact) mass is 317 g/mol. The SMILES string of the molecule is Cc1cccc(CCCNC(=O)COc2ccc(Cl)cc2)c1. The molecule has 0 heterocycles. The quantitative estimate of drug-likeness (QED) is 0.789. The number of hydrogen-bond acceptors (Lipinski definition) is 2. The third-order valence-corrected chi connectivity index (χ3v) is 3.48. The van der Waals surface area contributed by atoms with Crippen molar-refractivity contribution in [2.24, 2.45) is 0 Å². The van der Waals surface area contributed by atoms with Crippen molar-refractivity contribution in [1.29, 1.82) is 0 Å². The molecule has 2 aromatic carbocycles. The van der Waals surface area contributed by atoms with Crippen LogP contribution in [-0.4, -0.2) is 19.1 Å². The van der Waals surface area contributed by atoms with Crippen LogP contribution in [0.2, 0.25) is 5.02 Å². The predicted molar refractivity (Wildman–Crippen MR) is 89.5 cm³/mol. The minimum atomic E-state index is -0.112. The van der Waals surface area contributed by atoms with Gasteiger partial charge in [0.05, 0.1) is 0 Å². The van der Waals surface area contributed by atoms with Gasteiger partial charge in [0.2, 0.25) is 0 Å². The fraction of sp³-hybridized carbons (Fsp3) is 0.278. The van der Waals surface area contributed by atoms with Gasteiger partial charge in [0.25, 0.3) is 5.91 Å². The number of rotatable bonds is 7. The zero-order valence-corrected chi connectivity index (χ0v) is 13.4. The molecule has 1 amide bonds. The van der Waals surface area contributed by atoms with Gasteiger partial charge in [-0.1, -0.05) is 41.4 Å². The van der Waals surface area contributed by atoms with Gasteiger partial charge in [-0.3, -0.25) is 4.79 Å². The van der Waals surface area contributed by atoms with E-state index in [9.17, 15) is 4.79 Å². The summed E-state index contributed by atoms with van der Waals surface area (Å²) in [4.78, 5) is 11.7. The van der Waals surface area contributed by atoms with Gasteiger partial charge >= 0.3 is 0 Å². The van der Waals surface area contributed by atoms with Crippen LogP contribution in [0.4, 0.5) is 0 Å². The molecule has 0 aromatic heterocycles. The standard InChI is InChI=1S/C18H20ClNO2/c1-14-4-2-5-15(12-14)6-3-11-20-18(21)13-22-17-9-7-16(19)8-10-17/h2,4-5,7-10,12H,3,6,11,13H2,1H3,(H,20,21). The largest absolute Gasteiger partial charge is 0.484 e. The second kappa shape index (κ2) is 8.44. The molecular formula is C18H20ClNO2. The number of aryl methyl sites for hydroxylation is 2. The maximum absolute atomic E-state index is 11.7. The van der Waals surface area contributed by atoms with Crippen molar-refractivity contribution < 1.29 is 9.53 Å². The Morgan fingerprint density at radius 1 is 1.18 bits per heavy atom. The van der Waals surface area contributed by atoms with Crippen molar-refractivity contribution in [3.8, 4) is 5.75 Å². The molecule has 2 rings (SSSR count). The third-order valence-electron chi connectivity index (χ3n) is 3.23. The zero-order chi connectivity index (χ0) is 15.8. The lowest BCUT2D eigenvalue weighted by Crippen LogP contribution is -2.29. The first-order valence-electron chi connectivity index (χ1n) is 7.34. The number of carbonyl (C=O) groups is 1. The molecule has 0 radical (unpaired) electrons. The van der Waals surface area contributed by atoms with Crippen LogP contribution in [0.25, 0.3) is 0 Å². The molecule has 0 aliphatic carbocycles. The van der Waals surface area contributed by atoms with Crippen LogP contribution in [0.5, 0.6) is 5.75 Å². The number of ether oxygens (including phenoxy) is 1. The fourth-order valence-electron chi connectivity index (χ4n) is 2.12. The molecule has 0 unspecified atom stereocenters. The Hall–Kier alpha value is -2.00. The van der Waals surface area contributed by atoms with Gasteiger partial charge in [0, 0.05) is 11.6 Å². The van der Waals surface area contributed by atoms with Crippen LogP contribution in [0.1, 0.15) is 17.5 Å². The number of hydrogen-bond donors (Lipinski definition) is 1. The van der Waals surface area contributed by atoms with Gasteiger partial charge in [0.1, 0.15) is 5.75 Å². The molecule has 3 nitrogen and oxygen atoms in total. The van der Waals surface area contributed by atoms with Crippen LogP contribution in [0, 0.1) is 6.92 Å². The van der Waals surface area contributed by atoms with Crippen molar-refractivity contribution in [3.05, 3.63) is 64.7 Å². The summed E-state index contributed by atoms with van der Waals surface area (Å²) in [7, 11) is 0. The summed E-state index contributed by atoms with van der Waals surface area (Å²) in [6.45, 7) is 2.75. The summed E-state index contributed by atoms with van der Waals surface area (Å²) in [5.41, 5.74) is 2.56. The van der Waals surface area contributed by atoms with Gasteiger partial charge in [-0.2, -0.15) is 0 Å². The topological polar surface area (TPSA) is 38.3 Å². The maximum atomic E-state index is 11.7. The Morgan fingerprint density at radius 2 is 1.95 bits per heavy atom. The minimum absolute atomic E-state index is 0.0199. The number of benzene rings is 2. The Morgan fingerprint density at radius 3 is 2.68 bits per heavy atom. The molecule has 0 aliphatic heterocycles. The maximum Gasteiger partial charge on any atom is 0.257 e. The summed E-state index contributed by atoms with van der Waals surface area (Å²) in [6, 6.07) is 15.4. The molecule has 0 aliphatic rings. The molecule has 0 saturated carbocycles. The molecule has 116 valence electrons. The average molecular weight is 318 g/mol. The van der Waals surface area contributed by atoms with Crippen molar-refractivity contribution in [3.63, 3.8) is 0 Å². The van der Waals surface area contributed by atoms with Crippen molar-refractivity contribution >= 4 is 17.5 Å². The molecule has 0 fully saturated rings. The first-order chi connectivity index (χ1) is 10.6. The van der Waals surface area contributed by atoms with Crippen LogP contribution in [0.3, 0.4) is 0 Å². The van der Waals surface area contributed by atoms with E-state index in [-0.39, 0.29) is 12.5 Å². The van der Waals surface area contributed by atoms with Gasteiger partial charge in [-0.15, -0.1) is 0 Å². The van der Waals surface area contributed by atoms with E-state index in [1.165, 1.54) is 11.1 Å². The lowest BCUT2D eigenvalue weighted by atomic mass is 10.1. The Kier molecular flexibility index (Phi) is 6.28. The smallest absolute Gasteiger partial charge is 0.257 e. The molecular weight excluding hydrogens is 298 g/mol. The third kappa shape index (κ3) is 5.78. The molecule has 0 bridgehead atoms. The van der Waals surface area contributed by atoms with Crippen LogP contribution < -0.4 is 10.1 Å². The van der Waals surface area contributed by atoms with Crippen molar-refractivity contribution in [2.45, 2.75) is 19.8 Å². The molecule has 22 heavy (non-hydrogen) atoms. The first kappa shape index (κ1) is 16.4. The van der Waals surface area contributed by atoms with E-state index < -0.39 is 0 Å². The van der Waals surface area contributed by atoms with Crippen LogP contribution >= 0.6 is 11.6 Å². The van der Waals surface area contributed by atoms with Gasteiger partial charge in [0.15, 0.2) is 6.61 Å². The first-order valence-corrected chi connectivity index (χ1v) is 7.72. The van der Waals surface area contributed by atoms with E-state index in [0.717, 1.165) is 12.8 Å². The molecule has 0 spiro atoms. The van der Waals surface area contributed by atoms with E-state index in [1.807, 2.05) is 0 Å². The highest BCUT2D eigenvalue weighted by Crippen LogP contribution is 2.15. The Labute approximate surface area is 136 Å². The molecule has 0 saturated heterocycles. The van der Waals surface area contributed by atoms with Crippen molar-refractivity contribution in [1.82, 2.24) is 5.32 Å². The van der Waals surface area contributed by atoms with Gasteiger partial charge in [-0.05, 0) is 49.6 Å². The normalized spacial score (nSPS) is 10.3. The van der Waals surface area contributed by atoms with Gasteiger partial charge < -0.3 is 10.1 Å². The average Bonchev–Trinajstić information content (AvgIpc) is 2.51. The lowest BCUT2D eigenvalue weighted by Gasteiger charge is -2.08. The van der Waals surface area contributed by atoms with E-state index in [2.05, 4.69) is 36.5 Å². The van der Waals surface area contributed by atoms with E-state index in [0.29, 0.717) is 17.3 Å². The van der Waals surface area contributed by atoms with E-state index >= 15 is 0 Å². The Balaban J connectivity index is 1.62. The highest BCUT2D eigenvalue weighted by molar-refractivity contribution is 6.30. The summed E-state index contributed by atoms with van der Waals surface area (Å²) in [5.74, 6) is 0.526. The van der Waals surface area contributed by atoms with E-state index in [1.54, 1.807) is 24.3 Å². The van der Waals surface area contributed by atoms with E-state index in [4.69, 9.17) is 16.3 Å². The molecule has 0 atom stereocenters. The number of nitrogens with one attached hydrogen (secondary N) is 1. The molecule has 4 heteroatoms. The minimum Gasteiger partial charge on any atom is -0.484 e. The molecule has 2 aromatic rings.